The summed E-state index contributed by atoms with van der Waals surface area (Å²) in [5.74, 6) is -1.43. The summed E-state index contributed by atoms with van der Waals surface area (Å²) in [6.45, 7) is 2.25. The largest absolute Gasteiger partial charge is 0.442 e. The third-order valence-corrected chi connectivity index (χ3v) is 4.64. The van der Waals surface area contributed by atoms with Crippen LogP contribution in [0.2, 0.25) is 10.0 Å². The topological polar surface area (TPSA) is 90.3 Å². The van der Waals surface area contributed by atoms with E-state index in [0.29, 0.717) is 34.3 Å². The molecule has 3 rings (SSSR count). The van der Waals surface area contributed by atoms with Crippen LogP contribution in [0.4, 0.5) is 5.69 Å². The van der Waals surface area contributed by atoms with Gasteiger partial charge in [-0.25, -0.2) is 9.48 Å². The molecular formula is C22H19Cl2N3O4. The van der Waals surface area contributed by atoms with Crippen molar-refractivity contribution < 1.29 is 14.3 Å². The average molecular weight is 460 g/mol. The summed E-state index contributed by atoms with van der Waals surface area (Å²) in [7, 11) is 0. The lowest BCUT2D eigenvalue weighted by Crippen LogP contribution is -2.28. The van der Waals surface area contributed by atoms with Crippen LogP contribution in [0.5, 0.6) is 0 Å². The first-order chi connectivity index (χ1) is 14.9. The van der Waals surface area contributed by atoms with Crippen molar-refractivity contribution in [2.45, 2.75) is 26.0 Å². The zero-order valence-electron chi connectivity index (χ0n) is 16.5. The van der Waals surface area contributed by atoms with Gasteiger partial charge < -0.3 is 10.1 Å². The van der Waals surface area contributed by atoms with Gasteiger partial charge >= 0.3 is 5.97 Å². The molecule has 0 saturated heterocycles. The lowest BCUT2D eigenvalue weighted by Gasteiger charge is -2.18. The number of carbonyl (C=O) groups is 2. The predicted molar refractivity (Wildman–Crippen MR) is 118 cm³/mol. The van der Waals surface area contributed by atoms with Crippen molar-refractivity contribution in [3.8, 4) is 0 Å². The second kappa shape index (κ2) is 10.2. The minimum absolute atomic E-state index is 0.0763. The number of rotatable bonds is 7. The summed E-state index contributed by atoms with van der Waals surface area (Å²) < 4.78 is 6.68. The number of hydrogen-bond donors (Lipinski definition) is 1. The SMILES string of the molecule is CCCn1nc(C(=O)OC(C(=O)Nc2cc(Cl)cc(Cl)c2)c2ccccc2)ccc1=O. The minimum Gasteiger partial charge on any atom is -0.442 e. The Hall–Kier alpha value is -3.16. The number of anilines is 1. The molecule has 0 bridgehead atoms. The van der Waals surface area contributed by atoms with E-state index in [9.17, 15) is 14.4 Å². The molecule has 1 unspecified atom stereocenters. The van der Waals surface area contributed by atoms with Gasteiger partial charge in [-0.2, -0.15) is 5.10 Å². The Bertz CT molecular complexity index is 1130. The van der Waals surface area contributed by atoms with E-state index in [0.717, 1.165) is 0 Å². The zero-order chi connectivity index (χ0) is 22.4. The van der Waals surface area contributed by atoms with Gasteiger partial charge in [-0.05, 0) is 30.7 Å². The quantitative estimate of drug-likeness (QED) is 0.525. The zero-order valence-corrected chi connectivity index (χ0v) is 18.1. The Labute approximate surface area is 188 Å². The molecule has 0 fully saturated rings. The van der Waals surface area contributed by atoms with E-state index in [1.54, 1.807) is 30.3 Å². The van der Waals surface area contributed by atoms with Gasteiger partial charge in [0, 0.05) is 33.9 Å². The molecule has 0 aliphatic carbocycles. The van der Waals surface area contributed by atoms with Crippen LogP contribution in [0.3, 0.4) is 0 Å². The van der Waals surface area contributed by atoms with Crippen molar-refractivity contribution in [2.75, 3.05) is 5.32 Å². The molecule has 1 N–H and O–H groups in total. The van der Waals surface area contributed by atoms with E-state index >= 15 is 0 Å². The third kappa shape index (κ3) is 5.93. The molecule has 3 aromatic rings. The third-order valence-electron chi connectivity index (χ3n) is 4.21. The van der Waals surface area contributed by atoms with Gasteiger partial charge in [0.2, 0.25) is 6.10 Å². The molecule has 7 nitrogen and oxygen atoms in total. The van der Waals surface area contributed by atoms with Gasteiger partial charge in [-0.3, -0.25) is 9.59 Å². The number of ether oxygens (including phenoxy) is 1. The second-order valence-electron chi connectivity index (χ2n) is 6.62. The van der Waals surface area contributed by atoms with Crippen LogP contribution in [-0.4, -0.2) is 21.7 Å². The molecule has 0 spiro atoms. The molecule has 1 heterocycles. The monoisotopic (exact) mass is 459 g/mol. The maximum atomic E-state index is 13.0. The molecule has 1 atom stereocenters. The maximum Gasteiger partial charge on any atom is 0.359 e. The summed E-state index contributed by atoms with van der Waals surface area (Å²) in [5.41, 5.74) is 0.415. The number of carbonyl (C=O) groups excluding carboxylic acids is 2. The number of halogens is 2. The lowest BCUT2D eigenvalue weighted by atomic mass is 10.1. The number of hydrogen-bond acceptors (Lipinski definition) is 5. The van der Waals surface area contributed by atoms with Crippen molar-refractivity contribution in [3.05, 3.63) is 92.3 Å². The normalized spacial score (nSPS) is 11.6. The first-order valence-electron chi connectivity index (χ1n) is 9.48. The van der Waals surface area contributed by atoms with Gasteiger partial charge in [-0.1, -0.05) is 60.5 Å². The standard InChI is InChI=1S/C22H19Cl2N3O4/c1-2-10-27-19(28)9-8-18(26-27)22(30)31-20(14-6-4-3-5-7-14)21(29)25-17-12-15(23)11-16(24)13-17/h3-9,11-13,20H,2,10H2,1H3,(H,25,29). The Kier molecular flexibility index (Phi) is 7.44. The fraction of sp³-hybridized carbons (Fsp3) is 0.182. The fourth-order valence-electron chi connectivity index (χ4n) is 2.83. The highest BCUT2D eigenvalue weighted by Crippen LogP contribution is 2.25. The summed E-state index contributed by atoms with van der Waals surface area (Å²) >= 11 is 12.0. The van der Waals surface area contributed by atoms with Crippen LogP contribution < -0.4 is 10.9 Å². The number of nitrogens with one attached hydrogen (secondary N) is 1. The van der Waals surface area contributed by atoms with Gasteiger partial charge in [0.05, 0.1) is 0 Å². The highest BCUT2D eigenvalue weighted by atomic mass is 35.5. The highest BCUT2D eigenvalue weighted by molar-refractivity contribution is 6.35. The first-order valence-corrected chi connectivity index (χ1v) is 10.2. The molecule has 0 saturated carbocycles. The van der Waals surface area contributed by atoms with E-state index in [4.69, 9.17) is 27.9 Å². The van der Waals surface area contributed by atoms with Crippen LogP contribution in [0.15, 0.2) is 65.5 Å². The fourth-order valence-corrected chi connectivity index (χ4v) is 3.36. The van der Waals surface area contributed by atoms with Crippen LogP contribution in [0.25, 0.3) is 0 Å². The van der Waals surface area contributed by atoms with Crippen LogP contribution in [-0.2, 0) is 16.1 Å². The molecule has 1 aromatic heterocycles. The summed E-state index contributed by atoms with van der Waals surface area (Å²) in [6.07, 6.45) is -0.595. The number of aromatic nitrogens is 2. The molecule has 160 valence electrons. The minimum atomic E-state index is -1.26. The highest BCUT2D eigenvalue weighted by Gasteiger charge is 2.27. The molecule has 1 amide bonds. The number of benzene rings is 2. The summed E-state index contributed by atoms with van der Waals surface area (Å²) in [6, 6.07) is 15.6. The van der Waals surface area contributed by atoms with E-state index in [1.165, 1.54) is 35.0 Å². The van der Waals surface area contributed by atoms with Crippen molar-refractivity contribution >= 4 is 40.8 Å². The van der Waals surface area contributed by atoms with Gasteiger partial charge in [-0.15, -0.1) is 0 Å². The van der Waals surface area contributed by atoms with Crippen molar-refractivity contribution in [1.29, 1.82) is 0 Å². The van der Waals surface area contributed by atoms with Crippen molar-refractivity contribution in [3.63, 3.8) is 0 Å². The summed E-state index contributed by atoms with van der Waals surface area (Å²) in [5, 5.41) is 7.39. The number of amides is 1. The molecule has 0 aliphatic heterocycles. The second-order valence-corrected chi connectivity index (χ2v) is 7.50. The van der Waals surface area contributed by atoms with Gasteiger partial charge in [0.15, 0.2) is 5.69 Å². The molecule has 0 radical (unpaired) electrons. The Morgan fingerprint density at radius 1 is 1.06 bits per heavy atom. The maximum absolute atomic E-state index is 13.0. The average Bonchev–Trinajstić information content (AvgIpc) is 2.73. The predicted octanol–water partition coefficient (Wildman–Crippen LogP) is 4.50. The molecular weight excluding hydrogens is 441 g/mol. The molecule has 9 heteroatoms. The van der Waals surface area contributed by atoms with E-state index in [-0.39, 0.29) is 11.3 Å². The van der Waals surface area contributed by atoms with Gasteiger partial charge in [0.25, 0.3) is 11.5 Å². The number of nitrogens with zero attached hydrogens (tertiary/aromatic N) is 2. The smallest absolute Gasteiger partial charge is 0.359 e. The Balaban J connectivity index is 1.87. The van der Waals surface area contributed by atoms with E-state index < -0.39 is 18.0 Å². The number of aryl methyl sites for hydroxylation is 1. The van der Waals surface area contributed by atoms with Crippen LogP contribution >= 0.6 is 23.2 Å². The van der Waals surface area contributed by atoms with E-state index in [2.05, 4.69) is 10.4 Å². The Morgan fingerprint density at radius 3 is 2.39 bits per heavy atom. The lowest BCUT2D eigenvalue weighted by molar-refractivity contribution is -0.125. The molecule has 2 aromatic carbocycles. The van der Waals surface area contributed by atoms with Crippen LogP contribution in [0.1, 0.15) is 35.5 Å². The van der Waals surface area contributed by atoms with Gasteiger partial charge in [0.1, 0.15) is 0 Å². The van der Waals surface area contributed by atoms with Crippen molar-refractivity contribution in [2.24, 2.45) is 0 Å². The molecule has 0 aliphatic rings. The molecule has 31 heavy (non-hydrogen) atoms. The van der Waals surface area contributed by atoms with E-state index in [1.807, 2.05) is 6.92 Å². The summed E-state index contributed by atoms with van der Waals surface area (Å²) in [4.78, 5) is 37.6. The number of esters is 1. The Morgan fingerprint density at radius 2 is 1.74 bits per heavy atom. The van der Waals surface area contributed by atoms with Crippen LogP contribution in [0, 0.1) is 0 Å². The first kappa shape index (κ1) is 22.5. The van der Waals surface area contributed by atoms with Crippen molar-refractivity contribution in [1.82, 2.24) is 9.78 Å².